The quantitative estimate of drug-likeness (QED) is 0.812. The van der Waals surface area contributed by atoms with Crippen molar-refractivity contribution in [3.8, 4) is 0 Å². The second-order valence-electron chi connectivity index (χ2n) is 4.31. The molecule has 0 aliphatic carbocycles. The van der Waals surface area contributed by atoms with Gasteiger partial charge in [0.25, 0.3) is 0 Å². The van der Waals surface area contributed by atoms with Gasteiger partial charge in [-0.1, -0.05) is 0 Å². The third kappa shape index (κ3) is 3.85. The number of anilines is 1. The maximum absolute atomic E-state index is 12.1. The Labute approximate surface area is 112 Å². The Bertz CT molecular complexity index is 497. The molecule has 1 atom stereocenters. The molecule has 1 fully saturated rings. The first-order chi connectivity index (χ1) is 9.12. The summed E-state index contributed by atoms with van der Waals surface area (Å²) in [7, 11) is -3.57. The minimum absolute atomic E-state index is 0.0692. The third-order valence-corrected chi connectivity index (χ3v) is 4.23. The molecule has 0 amide bonds. The maximum Gasteiger partial charge on any atom is 0.243 e. The topological polar surface area (TPSA) is 93.2 Å². The van der Waals surface area contributed by atoms with Crippen LogP contribution in [0, 0.1) is 0 Å². The van der Waals surface area contributed by atoms with Gasteiger partial charge in [0.2, 0.25) is 16.0 Å². The highest BCUT2D eigenvalue weighted by Gasteiger charge is 2.22. The minimum atomic E-state index is -3.57. The molecule has 1 aromatic rings. The molecule has 106 valence electrons. The summed E-state index contributed by atoms with van der Waals surface area (Å²) >= 11 is 0. The lowest BCUT2D eigenvalue weighted by Gasteiger charge is -2.22. The van der Waals surface area contributed by atoms with Gasteiger partial charge in [0, 0.05) is 19.2 Å². The first-order valence-corrected chi connectivity index (χ1v) is 7.76. The highest BCUT2D eigenvalue weighted by atomic mass is 32.2. The standard InChI is InChI=1S/C11H18N4O3S/c1-2-12-11-13-6-10(7-14-11)19(16,17)15-9-4-3-5-18-8-9/h6-7,9,15H,2-5,8H2,1H3,(H,12,13,14). The molecule has 8 heteroatoms. The Hall–Kier alpha value is -1.25. The average molecular weight is 286 g/mol. The molecular weight excluding hydrogens is 268 g/mol. The van der Waals surface area contributed by atoms with Crippen LogP contribution >= 0.6 is 0 Å². The van der Waals surface area contributed by atoms with Gasteiger partial charge in [0.15, 0.2) is 0 Å². The van der Waals surface area contributed by atoms with E-state index in [9.17, 15) is 8.42 Å². The van der Waals surface area contributed by atoms with E-state index in [4.69, 9.17) is 4.74 Å². The van der Waals surface area contributed by atoms with E-state index in [1.165, 1.54) is 12.4 Å². The molecule has 0 radical (unpaired) electrons. The van der Waals surface area contributed by atoms with Crippen LogP contribution in [0.3, 0.4) is 0 Å². The van der Waals surface area contributed by atoms with Gasteiger partial charge in [-0.25, -0.2) is 23.1 Å². The van der Waals surface area contributed by atoms with Crippen LogP contribution in [0.5, 0.6) is 0 Å². The molecule has 1 saturated heterocycles. The van der Waals surface area contributed by atoms with E-state index in [0.717, 1.165) is 12.8 Å². The lowest BCUT2D eigenvalue weighted by atomic mass is 10.1. The van der Waals surface area contributed by atoms with E-state index < -0.39 is 10.0 Å². The van der Waals surface area contributed by atoms with Gasteiger partial charge < -0.3 is 10.1 Å². The highest BCUT2D eigenvalue weighted by Crippen LogP contribution is 2.12. The monoisotopic (exact) mass is 286 g/mol. The summed E-state index contributed by atoms with van der Waals surface area (Å²) in [6.07, 6.45) is 4.26. The van der Waals surface area contributed by atoms with Gasteiger partial charge in [-0.3, -0.25) is 0 Å². The van der Waals surface area contributed by atoms with Crippen LogP contribution in [0.15, 0.2) is 17.3 Å². The lowest BCUT2D eigenvalue weighted by molar-refractivity contribution is 0.0774. The van der Waals surface area contributed by atoms with Crippen molar-refractivity contribution in [1.82, 2.24) is 14.7 Å². The van der Waals surface area contributed by atoms with Crippen molar-refractivity contribution >= 4 is 16.0 Å². The SMILES string of the molecule is CCNc1ncc(S(=O)(=O)NC2CCCOC2)cn1. The fourth-order valence-electron chi connectivity index (χ4n) is 1.83. The second-order valence-corrected chi connectivity index (χ2v) is 6.02. The van der Waals surface area contributed by atoms with Gasteiger partial charge in [-0.15, -0.1) is 0 Å². The number of hydrogen-bond acceptors (Lipinski definition) is 6. The smallest absolute Gasteiger partial charge is 0.243 e. The molecule has 2 N–H and O–H groups in total. The molecule has 2 rings (SSSR count). The van der Waals surface area contributed by atoms with Crippen LogP contribution in [-0.2, 0) is 14.8 Å². The molecule has 0 saturated carbocycles. The van der Waals surface area contributed by atoms with E-state index in [2.05, 4.69) is 20.0 Å². The van der Waals surface area contributed by atoms with Crippen molar-refractivity contribution in [2.45, 2.75) is 30.7 Å². The van der Waals surface area contributed by atoms with Gasteiger partial charge in [0.1, 0.15) is 4.90 Å². The molecule has 1 aromatic heterocycles. The predicted octanol–water partition coefficient (Wildman–Crippen LogP) is 0.366. The zero-order valence-corrected chi connectivity index (χ0v) is 11.6. The van der Waals surface area contributed by atoms with E-state index in [0.29, 0.717) is 25.7 Å². The molecule has 19 heavy (non-hydrogen) atoms. The van der Waals surface area contributed by atoms with E-state index in [1.54, 1.807) is 0 Å². The van der Waals surface area contributed by atoms with Gasteiger partial charge >= 0.3 is 0 Å². The van der Waals surface area contributed by atoms with Gasteiger partial charge in [-0.05, 0) is 19.8 Å². The summed E-state index contributed by atoms with van der Waals surface area (Å²) in [4.78, 5) is 7.98. The molecule has 0 bridgehead atoms. The largest absolute Gasteiger partial charge is 0.380 e. The van der Waals surface area contributed by atoms with Crippen LogP contribution in [0.2, 0.25) is 0 Å². The molecule has 0 spiro atoms. The number of hydrogen-bond donors (Lipinski definition) is 2. The Balaban J connectivity index is 2.05. The van der Waals surface area contributed by atoms with Crippen molar-refractivity contribution < 1.29 is 13.2 Å². The van der Waals surface area contributed by atoms with E-state index in [1.807, 2.05) is 6.92 Å². The first-order valence-electron chi connectivity index (χ1n) is 6.28. The molecule has 2 heterocycles. The van der Waals surface area contributed by atoms with Crippen LogP contribution in [0.4, 0.5) is 5.95 Å². The highest BCUT2D eigenvalue weighted by molar-refractivity contribution is 7.89. The molecular formula is C11H18N4O3S. The van der Waals surface area contributed by atoms with Crippen LogP contribution in [0.25, 0.3) is 0 Å². The van der Waals surface area contributed by atoms with Crippen molar-refractivity contribution in [2.24, 2.45) is 0 Å². The lowest BCUT2D eigenvalue weighted by Crippen LogP contribution is -2.40. The number of rotatable bonds is 5. The third-order valence-electron chi connectivity index (χ3n) is 2.76. The van der Waals surface area contributed by atoms with E-state index >= 15 is 0 Å². The predicted molar refractivity (Wildman–Crippen MR) is 70.4 cm³/mol. The number of ether oxygens (including phenoxy) is 1. The Kier molecular flexibility index (Phi) is 4.67. The van der Waals surface area contributed by atoms with Crippen molar-refractivity contribution in [3.63, 3.8) is 0 Å². The average Bonchev–Trinajstić information content (AvgIpc) is 2.40. The summed E-state index contributed by atoms with van der Waals surface area (Å²) < 4.78 is 32.1. The van der Waals surface area contributed by atoms with Crippen molar-refractivity contribution in [3.05, 3.63) is 12.4 Å². The zero-order chi connectivity index (χ0) is 13.7. The second kappa shape index (κ2) is 6.27. The molecule has 7 nitrogen and oxygen atoms in total. The number of nitrogens with zero attached hydrogens (tertiary/aromatic N) is 2. The Morgan fingerprint density at radius 1 is 1.42 bits per heavy atom. The number of sulfonamides is 1. The molecule has 1 aliphatic rings. The summed E-state index contributed by atoms with van der Waals surface area (Å²) in [5, 5.41) is 2.91. The van der Waals surface area contributed by atoms with Crippen LogP contribution in [0.1, 0.15) is 19.8 Å². The van der Waals surface area contributed by atoms with Crippen LogP contribution in [-0.4, -0.2) is 44.2 Å². The molecule has 1 aliphatic heterocycles. The summed E-state index contributed by atoms with van der Waals surface area (Å²) in [6, 6.07) is -0.174. The Morgan fingerprint density at radius 2 is 2.16 bits per heavy atom. The fraction of sp³-hybridized carbons (Fsp3) is 0.636. The normalized spacial score (nSPS) is 20.2. The number of aromatic nitrogens is 2. The molecule has 0 aromatic carbocycles. The summed E-state index contributed by atoms with van der Waals surface area (Å²) in [5.41, 5.74) is 0. The maximum atomic E-state index is 12.1. The van der Waals surface area contributed by atoms with Crippen molar-refractivity contribution in [1.29, 1.82) is 0 Å². The first kappa shape index (κ1) is 14.2. The van der Waals surface area contributed by atoms with Crippen LogP contribution < -0.4 is 10.0 Å². The minimum Gasteiger partial charge on any atom is -0.380 e. The van der Waals surface area contributed by atoms with Gasteiger partial charge in [0.05, 0.1) is 19.0 Å². The molecule has 1 unspecified atom stereocenters. The van der Waals surface area contributed by atoms with E-state index in [-0.39, 0.29) is 10.9 Å². The number of nitrogens with one attached hydrogen (secondary N) is 2. The summed E-state index contributed by atoms with van der Waals surface area (Å²) in [6.45, 7) is 3.71. The summed E-state index contributed by atoms with van der Waals surface area (Å²) in [5.74, 6) is 0.419. The zero-order valence-electron chi connectivity index (χ0n) is 10.8. The fourth-order valence-corrected chi connectivity index (χ4v) is 2.97. The Morgan fingerprint density at radius 3 is 2.74 bits per heavy atom. The van der Waals surface area contributed by atoms with Gasteiger partial charge in [-0.2, -0.15) is 0 Å². The van der Waals surface area contributed by atoms with Crippen molar-refractivity contribution in [2.75, 3.05) is 25.1 Å².